The molecular formula is C34H55N5O7S. The summed E-state index contributed by atoms with van der Waals surface area (Å²) in [5.74, 6) is -0.606. The van der Waals surface area contributed by atoms with Gasteiger partial charge in [0.15, 0.2) is 9.84 Å². The van der Waals surface area contributed by atoms with Gasteiger partial charge in [-0.3, -0.25) is 19.2 Å². The van der Waals surface area contributed by atoms with Crippen molar-refractivity contribution in [3.8, 4) is 12.3 Å². The second-order valence-corrected chi connectivity index (χ2v) is 19.0. The summed E-state index contributed by atoms with van der Waals surface area (Å²) in [6, 6.07) is -3.78. The number of likely N-dealkylation sites (N-methyl/N-ethyl adjacent to an activating group) is 1. The predicted molar refractivity (Wildman–Crippen MR) is 180 cm³/mol. The van der Waals surface area contributed by atoms with Crippen LogP contribution in [0.1, 0.15) is 100 Å². The van der Waals surface area contributed by atoms with Crippen molar-refractivity contribution in [2.45, 2.75) is 129 Å². The Balaban J connectivity index is 1.87. The molecule has 1 heterocycles. The number of nitrogens with one attached hydrogen (secondary N) is 4. The lowest BCUT2D eigenvalue weighted by atomic mass is 9.83. The van der Waals surface area contributed by atoms with Gasteiger partial charge in [0, 0.05) is 20.0 Å². The maximum absolute atomic E-state index is 14.3. The van der Waals surface area contributed by atoms with Crippen LogP contribution in [0.3, 0.4) is 0 Å². The van der Waals surface area contributed by atoms with Crippen LogP contribution in [0, 0.1) is 35.0 Å². The van der Waals surface area contributed by atoms with Crippen LogP contribution in [0.2, 0.25) is 0 Å². The van der Waals surface area contributed by atoms with E-state index in [-0.39, 0.29) is 42.4 Å². The molecule has 0 aromatic rings. The third-order valence-electron chi connectivity index (χ3n) is 10.4. The first-order chi connectivity index (χ1) is 21.5. The first-order valence-corrected chi connectivity index (χ1v) is 18.3. The Labute approximate surface area is 280 Å². The number of piperidine rings is 1. The molecule has 4 N–H and O–H groups in total. The van der Waals surface area contributed by atoms with E-state index in [1.54, 1.807) is 20.8 Å². The third kappa shape index (κ3) is 8.30. The highest BCUT2D eigenvalue weighted by atomic mass is 32.2. The van der Waals surface area contributed by atoms with Gasteiger partial charge in [-0.1, -0.05) is 53.9 Å². The molecule has 3 rings (SSSR count). The van der Waals surface area contributed by atoms with Crippen molar-refractivity contribution in [3.63, 3.8) is 0 Å². The molecule has 5 amide bonds. The monoisotopic (exact) mass is 677 g/mol. The summed E-state index contributed by atoms with van der Waals surface area (Å²) in [7, 11) is -2.24. The molecule has 0 aromatic heterocycles. The summed E-state index contributed by atoms with van der Waals surface area (Å²) in [5.41, 5.74) is -1.97. The van der Waals surface area contributed by atoms with E-state index in [9.17, 15) is 32.4 Å². The number of amides is 5. The normalized spacial score (nSPS) is 24.5. The molecule has 0 spiro atoms. The fraction of sp³-hybridized carbons (Fsp3) is 0.794. The molecule has 1 saturated heterocycles. The van der Waals surface area contributed by atoms with Gasteiger partial charge in [0.25, 0.3) is 5.91 Å². The summed E-state index contributed by atoms with van der Waals surface area (Å²) in [6.07, 6.45) is 9.12. The van der Waals surface area contributed by atoms with Gasteiger partial charge in [0.05, 0.1) is 22.1 Å². The predicted octanol–water partition coefficient (Wildman–Crippen LogP) is 2.31. The lowest BCUT2D eigenvalue weighted by Crippen LogP contribution is -2.64. The molecule has 0 radical (unpaired) electrons. The van der Waals surface area contributed by atoms with E-state index in [0.717, 1.165) is 19.3 Å². The molecule has 0 bridgehead atoms. The van der Waals surface area contributed by atoms with E-state index in [0.29, 0.717) is 12.8 Å². The zero-order valence-electron chi connectivity index (χ0n) is 29.5. The third-order valence-corrected chi connectivity index (χ3v) is 13.2. The average Bonchev–Trinajstić information content (AvgIpc) is 3.27. The molecule has 2 aliphatic carbocycles. The topological polar surface area (TPSA) is 171 Å². The number of Topliss-reactive ketones (excluding diaryl/α,β-unsaturated/α-hetero) is 1. The molecule has 12 nitrogen and oxygen atoms in total. The summed E-state index contributed by atoms with van der Waals surface area (Å²) >= 11 is 0. The smallest absolute Gasteiger partial charge is 0.315 e. The number of rotatable bonds is 11. The lowest BCUT2D eigenvalue weighted by Gasteiger charge is -2.41. The molecule has 5 atom stereocenters. The van der Waals surface area contributed by atoms with Crippen molar-refractivity contribution in [2.75, 3.05) is 19.3 Å². The first kappa shape index (κ1) is 38.3. The highest BCUT2D eigenvalue weighted by molar-refractivity contribution is 7.92. The minimum atomic E-state index is -3.57. The Bertz CT molecular complexity index is 1400. The zero-order valence-corrected chi connectivity index (χ0v) is 30.4. The summed E-state index contributed by atoms with van der Waals surface area (Å²) in [6.45, 7) is 14.7. The first-order valence-electron chi connectivity index (χ1n) is 16.6. The second kappa shape index (κ2) is 13.8. The number of likely N-dealkylation sites (tertiary alicyclic amines) is 1. The number of nitrogens with zero attached hydrogens (tertiary/aromatic N) is 1. The highest BCUT2D eigenvalue weighted by Gasteiger charge is 2.70. The van der Waals surface area contributed by atoms with Crippen LogP contribution in [0.5, 0.6) is 0 Å². The van der Waals surface area contributed by atoms with E-state index in [1.165, 1.54) is 11.9 Å². The Morgan fingerprint density at radius 3 is 2.09 bits per heavy atom. The number of carbonyl (C=O) groups excluding carboxylic acids is 5. The fourth-order valence-corrected chi connectivity index (χ4v) is 8.71. The van der Waals surface area contributed by atoms with Gasteiger partial charge in [-0.25, -0.2) is 13.2 Å². The molecule has 1 unspecified atom stereocenters. The van der Waals surface area contributed by atoms with Gasteiger partial charge in [0.2, 0.25) is 17.6 Å². The summed E-state index contributed by atoms with van der Waals surface area (Å²) in [5, 5.41) is 10.8. The van der Waals surface area contributed by atoms with E-state index >= 15 is 0 Å². The van der Waals surface area contributed by atoms with Crippen LogP contribution < -0.4 is 21.3 Å². The van der Waals surface area contributed by atoms with E-state index in [2.05, 4.69) is 27.2 Å². The SMILES string of the molecule is C#CCCC(NC(=O)[C@@H]1[C@@H]2[C@H](CN1C(=O)[C@@H](NC(=O)NC1(CS(=O)(=O)C(C)(C)C)CCCCC1)C(C)(C)C)C2(C)C)C(=O)C(=O)NC. The Morgan fingerprint density at radius 2 is 1.57 bits per heavy atom. The minimum Gasteiger partial charge on any atom is -0.353 e. The standard InChI is InChI=1S/C34H55N5O7S/c1-11-12-16-22(25(40)28(42)35-10)36-27(41)24-23-21(33(23,8)9)19-39(24)29(43)26(31(2,3)4)37-30(44)38-34(17-14-13-15-18-34)20-47(45,46)32(5,6)7/h1,21-24,26H,12-20H2,2-10H3,(H,35,42)(H,36,41)(H2,37,38,44)/t21-,22?,23-,24-,26+/m0/s1. The van der Waals surface area contributed by atoms with Crippen molar-refractivity contribution < 1.29 is 32.4 Å². The largest absolute Gasteiger partial charge is 0.353 e. The Morgan fingerprint density at radius 1 is 0.979 bits per heavy atom. The Hall–Kier alpha value is -3.14. The number of ketones is 1. The number of hydrogen-bond donors (Lipinski definition) is 4. The Kier molecular flexibility index (Phi) is 11.2. The van der Waals surface area contributed by atoms with Crippen LogP contribution >= 0.6 is 0 Å². The minimum absolute atomic E-state index is 0.0311. The quantitative estimate of drug-likeness (QED) is 0.192. The van der Waals surface area contributed by atoms with Gasteiger partial charge in [-0.15, -0.1) is 12.3 Å². The van der Waals surface area contributed by atoms with Crippen molar-refractivity contribution in [2.24, 2.45) is 22.7 Å². The van der Waals surface area contributed by atoms with E-state index in [1.807, 2.05) is 34.6 Å². The zero-order chi connectivity index (χ0) is 35.8. The van der Waals surface area contributed by atoms with Gasteiger partial charge in [-0.05, 0) is 62.7 Å². The molecule has 3 aliphatic rings. The number of urea groups is 1. The molecule has 47 heavy (non-hydrogen) atoms. The molecule has 0 aromatic carbocycles. The molecule has 2 saturated carbocycles. The van der Waals surface area contributed by atoms with Crippen molar-refractivity contribution >= 4 is 39.4 Å². The molecular weight excluding hydrogens is 622 g/mol. The van der Waals surface area contributed by atoms with E-state index < -0.39 is 73.2 Å². The summed E-state index contributed by atoms with van der Waals surface area (Å²) < 4.78 is 25.5. The van der Waals surface area contributed by atoms with Crippen LogP contribution in [-0.4, -0.2) is 90.6 Å². The van der Waals surface area contributed by atoms with Crippen molar-refractivity contribution in [1.29, 1.82) is 0 Å². The number of fused-ring (bicyclic) bond motifs is 1. The van der Waals surface area contributed by atoms with E-state index in [4.69, 9.17) is 6.42 Å². The fourth-order valence-electron chi connectivity index (χ4n) is 7.18. The van der Waals surface area contributed by atoms with Crippen LogP contribution in [0.15, 0.2) is 0 Å². The van der Waals surface area contributed by atoms with Crippen LogP contribution in [0.25, 0.3) is 0 Å². The average molecular weight is 678 g/mol. The van der Waals surface area contributed by atoms with Gasteiger partial charge < -0.3 is 26.2 Å². The molecule has 3 fully saturated rings. The lowest BCUT2D eigenvalue weighted by molar-refractivity contribution is -0.145. The van der Waals surface area contributed by atoms with Crippen LogP contribution in [-0.2, 0) is 29.0 Å². The van der Waals surface area contributed by atoms with Crippen molar-refractivity contribution in [1.82, 2.24) is 26.2 Å². The van der Waals surface area contributed by atoms with Gasteiger partial charge in [-0.2, -0.15) is 0 Å². The molecule has 264 valence electrons. The maximum Gasteiger partial charge on any atom is 0.315 e. The molecule has 13 heteroatoms. The number of terminal acetylenes is 1. The molecule has 1 aliphatic heterocycles. The van der Waals surface area contributed by atoms with Crippen LogP contribution in [0.4, 0.5) is 4.79 Å². The van der Waals surface area contributed by atoms with Crippen molar-refractivity contribution in [3.05, 3.63) is 0 Å². The number of hydrogen-bond acceptors (Lipinski definition) is 7. The number of carbonyl (C=O) groups is 5. The van der Waals surface area contributed by atoms with Gasteiger partial charge >= 0.3 is 6.03 Å². The highest BCUT2D eigenvalue weighted by Crippen LogP contribution is 2.65. The maximum atomic E-state index is 14.3. The number of sulfone groups is 1. The van der Waals surface area contributed by atoms with Gasteiger partial charge in [0.1, 0.15) is 12.1 Å². The second-order valence-electron chi connectivity index (χ2n) is 16.2. The summed E-state index contributed by atoms with van der Waals surface area (Å²) in [4.78, 5) is 68.3.